The Hall–Kier alpha value is -3.47. The number of phenolic OH excluding ortho intramolecular Hbond substituents is 1. The molecule has 0 saturated carbocycles. The summed E-state index contributed by atoms with van der Waals surface area (Å²) in [5, 5.41) is 11.3. The van der Waals surface area contributed by atoms with Gasteiger partial charge >= 0.3 is 5.97 Å². The monoisotopic (exact) mass is 470 g/mol. The summed E-state index contributed by atoms with van der Waals surface area (Å²) in [6.07, 6.45) is 9.89. The van der Waals surface area contributed by atoms with Gasteiger partial charge in [0.05, 0.1) is 12.6 Å². The lowest BCUT2D eigenvalue weighted by Gasteiger charge is -2.44. The van der Waals surface area contributed by atoms with Crippen LogP contribution in [0.4, 0.5) is 0 Å². The van der Waals surface area contributed by atoms with Crippen molar-refractivity contribution in [2.24, 2.45) is 5.41 Å². The number of carbonyl (C=O) groups is 1. The summed E-state index contributed by atoms with van der Waals surface area (Å²) in [5.41, 5.74) is 6.51. The normalized spacial score (nSPS) is 22.3. The molecule has 0 fully saturated rings. The van der Waals surface area contributed by atoms with Gasteiger partial charge in [-0.2, -0.15) is 0 Å². The number of hydrogen-bond donors (Lipinski definition) is 1. The van der Waals surface area contributed by atoms with Crippen LogP contribution < -0.4 is 0 Å². The fourth-order valence-electron chi connectivity index (χ4n) is 6.33. The molecule has 5 rings (SSSR count). The molecule has 1 unspecified atom stereocenters. The first-order valence-corrected chi connectivity index (χ1v) is 12.6. The lowest BCUT2D eigenvalue weighted by molar-refractivity contribution is -0.134. The van der Waals surface area contributed by atoms with Crippen molar-refractivity contribution < 1.29 is 14.6 Å². The minimum Gasteiger partial charge on any atom is -0.508 e. The first-order valence-electron chi connectivity index (χ1n) is 12.6. The zero-order valence-corrected chi connectivity index (χ0v) is 20.8. The minimum atomic E-state index is -0.325. The van der Waals surface area contributed by atoms with Gasteiger partial charge in [0.15, 0.2) is 0 Å². The summed E-state index contributed by atoms with van der Waals surface area (Å²) in [7, 11) is 1.41. The largest absolute Gasteiger partial charge is 0.508 e. The predicted molar refractivity (Wildman–Crippen MR) is 140 cm³/mol. The van der Waals surface area contributed by atoms with E-state index in [4.69, 9.17) is 4.74 Å². The van der Waals surface area contributed by atoms with E-state index in [1.807, 2.05) is 18.3 Å². The standard InChI is InChI=1S/C30H34N2O3/c1-4-30-16-7-17-31(19-15-27(34)35-3)18-14-25-24-8-5-6-9-26(24)32(21(2)20-30)29(25)28(30)22-10-12-23(33)13-11-22/h5-6,8-13,15,19-20,28,33H,4,7,14,16-18H2,1-3H3/b19-15+/t28?,30-/m0/s1. The van der Waals surface area contributed by atoms with Crippen molar-refractivity contribution in [3.63, 3.8) is 0 Å². The van der Waals surface area contributed by atoms with E-state index in [9.17, 15) is 9.90 Å². The highest BCUT2D eigenvalue weighted by Gasteiger charge is 2.44. The van der Waals surface area contributed by atoms with Crippen molar-refractivity contribution >= 4 is 22.6 Å². The molecule has 5 heteroatoms. The number of esters is 1. The van der Waals surface area contributed by atoms with Crippen molar-refractivity contribution in [2.45, 2.75) is 45.4 Å². The predicted octanol–water partition coefficient (Wildman–Crippen LogP) is 6.07. The summed E-state index contributed by atoms with van der Waals surface area (Å²) in [6.45, 7) is 6.27. The number of benzene rings is 2. The van der Waals surface area contributed by atoms with Crippen LogP contribution in [-0.4, -0.2) is 40.7 Å². The molecule has 1 aromatic heterocycles. The summed E-state index contributed by atoms with van der Waals surface area (Å²) < 4.78 is 7.29. The van der Waals surface area contributed by atoms with Crippen LogP contribution in [0.5, 0.6) is 5.75 Å². The molecule has 2 atom stereocenters. The first kappa shape index (κ1) is 23.3. The number of phenols is 1. The van der Waals surface area contributed by atoms with Gasteiger partial charge in [0.2, 0.25) is 0 Å². The van der Waals surface area contributed by atoms with Gasteiger partial charge in [-0.15, -0.1) is 0 Å². The highest BCUT2D eigenvalue weighted by molar-refractivity contribution is 5.90. The quantitative estimate of drug-likeness (QED) is 0.371. The van der Waals surface area contributed by atoms with Gasteiger partial charge in [0.25, 0.3) is 0 Å². The van der Waals surface area contributed by atoms with E-state index in [-0.39, 0.29) is 17.3 Å². The van der Waals surface area contributed by atoms with Crippen LogP contribution in [0.15, 0.2) is 66.9 Å². The Balaban J connectivity index is 1.73. The molecule has 0 aliphatic carbocycles. The highest BCUT2D eigenvalue weighted by atomic mass is 16.5. The molecule has 3 aromatic rings. The van der Waals surface area contributed by atoms with Crippen LogP contribution in [0.25, 0.3) is 16.6 Å². The van der Waals surface area contributed by atoms with Crippen LogP contribution in [0, 0.1) is 5.41 Å². The fourth-order valence-corrected chi connectivity index (χ4v) is 6.33. The number of hydrogen-bond acceptors (Lipinski definition) is 4. The van der Waals surface area contributed by atoms with E-state index in [2.05, 4.69) is 65.8 Å². The number of nitrogens with zero attached hydrogens (tertiary/aromatic N) is 2. The maximum Gasteiger partial charge on any atom is 0.331 e. The second kappa shape index (κ2) is 9.29. The number of carbonyl (C=O) groups excluding carboxylic acids is 1. The molecule has 0 saturated heterocycles. The SMILES string of the molecule is CC[C@@]12C=C(C)n3c(c(c4ccccc43)CCN(/C=C/C(=O)OC)CCC1)C2c1ccc(O)cc1. The minimum absolute atomic E-state index is 0.0325. The summed E-state index contributed by atoms with van der Waals surface area (Å²) in [5.74, 6) is 0.180. The average molecular weight is 471 g/mol. The average Bonchev–Trinajstić information content (AvgIpc) is 3.20. The van der Waals surface area contributed by atoms with Crippen LogP contribution >= 0.6 is 0 Å². The molecule has 2 aliphatic rings. The first-order chi connectivity index (χ1) is 17.0. The van der Waals surface area contributed by atoms with Gasteiger partial charge < -0.3 is 19.3 Å². The van der Waals surface area contributed by atoms with Crippen LogP contribution in [0.1, 0.15) is 55.8 Å². The third-order valence-electron chi connectivity index (χ3n) is 7.96. The molecule has 35 heavy (non-hydrogen) atoms. The molecule has 0 radical (unpaired) electrons. The van der Waals surface area contributed by atoms with E-state index >= 15 is 0 Å². The fraction of sp³-hybridized carbons (Fsp3) is 0.367. The van der Waals surface area contributed by atoms with Crippen molar-refractivity contribution in [2.75, 3.05) is 20.2 Å². The molecule has 0 spiro atoms. The zero-order chi connectivity index (χ0) is 24.6. The maximum atomic E-state index is 11.8. The second-order valence-corrected chi connectivity index (χ2v) is 9.84. The molecular formula is C30H34N2O3. The lowest BCUT2D eigenvalue weighted by atomic mass is 9.63. The molecule has 1 N–H and O–H groups in total. The third-order valence-corrected chi connectivity index (χ3v) is 7.96. The number of ether oxygens (including phenoxy) is 1. The van der Waals surface area contributed by atoms with Crippen LogP contribution in [0.2, 0.25) is 0 Å². The number of allylic oxidation sites excluding steroid dienone is 2. The van der Waals surface area contributed by atoms with E-state index in [0.717, 1.165) is 38.8 Å². The molecule has 2 aromatic carbocycles. The second-order valence-electron chi connectivity index (χ2n) is 9.84. The molecule has 3 heterocycles. The summed E-state index contributed by atoms with van der Waals surface area (Å²) in [4.78, 5) is 14.0. The maximum absolute atomic E-state index is 11.8. The van der Waals surface area contributed by atoms with Gasteiger partial charge in [-0.05, 0) is 61.9 Å². The van der Waals surface area contributed by atoms with Crippen molar-refractivity contribution in [1.29, 1.82) is 0 Å². The Morgan fingerprint density at radius 1 is 1.17 bits per heavy atom. The van der Waals surface area contributed by atoms with Gasteiger partial charge in [-0.3, -0.25) is 0 Å². The van der Waals surface area contributed by atoms with Crippen molar-refractivity contribution in [3.05, 3.63) is 83.7 Å². The van der Waals surface area contributed by atoms with Crippen LogP contribution in [0.3, 0.4) is 0 Å². The summed E-state index contributed by atoms with van der Waals surface area (Å²) >= 11 is 0. The number of fused-ring (bicyclic) bond motifs is 4. The Morgan fingerprint density at radius 3 is 2.69 bits per heavy atom. The van der Waals surface area contributed by atoms with Gasteiger partial charge in [0.1, 0.15) is 5.75 Å². The van der Waals surface area contributed by atoms with Gasteiger partial charge in [-0.25, -0.2) is 4.79 Å². The molecule has 182 valence electrons. The van der Waals surface area contributed by atoms with E-state index in [1.165, 1.54) is 46.6 Å². The summed E-state index contributed by atoms with van der Waals surface area (Å²) in [6, 6.07) is 16.5. The number of aromatic nitrogens is 1. The van der Waals surface area contributed by atoms with Crippen molar-refractivity contribution in [3.8, 4) is 5.75 Å². The molecular weight excluding hydrogens is 436 g/mol. The Morgan fingerprint density at radius 2 is 1.94 bits per heavy atom. The number of aromatic hydroxyl groups is 1. The highest BCUT2D eigenvalue weighted by Crippen LogP contribution is 2.55. The van der Waals surface area contributed by atoms with Gasteiger partial charge in [0, 0.05) is 53.5 Å². The zero-order valence-electron chi connectivity index (χ0n) is 20.8. The lowest BCUT2D eigenvalue weighted by Crippen LogP contribution is -2.36. The number of para-hydroxylation sites is 1. The smallest absolute Gasteiger partial charge is 0.331 e. The number of methoxy groups -OCH3 is 1. The Bertz CT molecular complexity index is 1300. The van der Waals surface area contributed by atoms with E-state index in [0.29, 0.717) is 5.75 Å². The van der Waals surface area contributed by atoms with Crippen molar-refractivity contribution in [1.82, 2.24) is 9.47 Å². The number of rotatable bonds is 4. The molecule has 2 aliphatic heterocycles. The van der Waals surface area contributed by atoms with E-state index in [1.54, 1.807) is 0 Å². The Labute approximate surface area is 207 Å². The molecule has 5 nitrogen and oxygen atoms in total. The topological polar surface area (TPSA) is 54.7 Å². The van der Waals surface area contributed by atoms with Gasteiger partial charge in [-0.1, -0.05) is 43.3 Å². The molecule has 2 bridgehead atoms. The van der Waals surface area contributed by atoms with E-state index < -0.39 is 0 Å². The van der Waals surface area contributed by atoms with Crippen LogP contribution in [-0.2, 0) is 16.0 Å². The Kier molecular flexibility index (Phi) is 6.18. The third kappa shape index (κ3) is 4.03. The molecule has 0 amide bonds.